The van der Waals surface area contributed by atoms with Crippen LogP contribution in [0.25, 0.3) is 0 Å². The highest BCUT2D eigenvalue weighted by molar-refractivity contribution is 5.44. The van der Waals surface area contributed by atoms with Gasteiger partial charge >= 0.3 is 0 Å². The molecule has 2 heterocycles. The van der Waals surface area contributed by atoms with Gasteiger partial charge in [-0.05, 0) is 54.8 Å². The van der Waals surface area contributed by atoms with Gasteiger partial charge in [-0.1, -0.05) is 18.2 Å². The fourth-order valence-electron chi connectivity index (χ4n) is 3.86. The fourth-order valence-corrected chi connectivity index (χ4v) is 3.86. The van der Waals surface area contributed by atoms with Crippen LogP contribution in [0.15, 0.2) is 42.5 Å². The van der Waals surface area contributed by atoms with Gasteiger partial charge in [0.15, 0.2) is 11.5 Å². The highest BCUT2D eigenvalue weighted by Crippen LogP contribution is 2.33. The molecule has 2 N–H and O–H groups in total. The molecule has 144 valence electrons. The van der Waals surface area contributed by atoms with Gasteiger partial charge < -0.3 is 19.9 Å². The normalized spacial score (nSPS) is 21.6. The number of nitrogens with one attached hydrogen (secondary N) is 1. The lowest BCUT2D eigenvalue weighted by Crippen LogP contribution is -2.52. The number of hydrogen-bond donors (Lipinski definition) is 2. The van der Waals surface area contributed by atoms with Crippen molar-refractivity contribution in [3.8, 4) is 11.5 Å². The predicted molar refractivity (Wildman–Crippen MR) is 100 cm³/mol. The molecule has 0 radical (unpaired) electrons. The molecule has 0 bridgehead atoms. The summed E-state index contributed by atoms with van der Waals surface area (Å²) in [6.45, 7) is 3.48. The van der Waals surface area contributed by atoms with Crippen LogP contribution in [-0.2, 0) is 13.1 Å². The zero-order valence-electron chi connectivity index (χ0n) is 15.3. The van der Waals surface area contributed by atoms with E-state index in [0.29, 0.717) is 26.2 Å². The summed E-state index contributed by atoms with van der Waals surface area (Å²) in [6, 6.07) is 12.5. The molecule has 0 spiro atoms. The highest BCUT2D eigenvalue weighted by atomic mass is 19.1. The first-order valence-electron chi connectivity index (χ1n) is 9.38. The standard InChI is InChI=1S/C21H25FN2O3/c22-18-4-1-3-16(9-18)11-24(14-21(25)7-2-8-23-13-21)12-17-5-6-19-20(10-17)27-15-26-19/h1,3-6,9-10,23,25H,2,7-8,11-15H2. The number of rotatable bonds is 6. The first-order chi connectivity index (χ1) is 13.1. The summed E-state index contributed by atoms with van der Waals surface area (Å²) in [4.78, 5) is 2.17. The van der Waals surface area contributed by atoms with Gasteiger partial charge in [0.2, 0.25) is 6.79 Å². The SMILES string of the molecule is OC1(CN(Cc2cccc(F)c2)Cc2ccc3c(c2)OCO3)CCCNC1. The maximum Gasteiger partial charge on any atom is 0.231 e. The van der Waals surface area contributed by atoms with Crippen molar-refractivity contribution >= 4 is 0 Å². The van der Waals surface area contributed by atoms with Gasteiger partial charge in [0.25, 0.3) is 0 Å². The maximum atomic E-state index is 13.6. The minimum atomic E-state index is -0.776. The van der Waals surface area contributed by atoms with Crippen molar-refractivity contribution in [2.75, 3.05) is 26.4 Å². The van der Waals surface area contributed by atoms with E-state index in [-0.39, 0.29) is 12.6 Å². The molecular formula is C21H25FN2O3. The summed E-state index contributed by atoms with van der Waals surface area (Å²) in [7, 11) is 0. The minimum Gasteiger partial charge on any atom is -0.454 e. The second kappa shape index (κ2) is 7.84. The lowest BCUT2D eigenvalue weighted by atomic mass is 9.93. The molecular weight excluding hydrogens is 347 g/mol. The van der Waals surface area contributed by atoms with Gasteiger partial charge in [-0.15, -0.1) is 0 Å². The van der Waals surface area contributed by atoms with Crippen molar-refractivity contribution in [3.63, 3.8) is 0 Å². The quantitative estimate of drug-likeness (QED) is 0.817. The Labute approximate surface area is 158 Å². The first-order valence-corrected chi connectivity index (χ1v) is 9.38. The van der Waals surface area contributed by atoms with Crippen molar-refractivity contribution in [1.29, 1.82) is 0 Å². The first kappa shape index (κ1) is 18.2. The van der Waals surface area contributed by atoms with E-state index >= 15 is 0 Å². The Balaban J connectivity index is 1.53. The van der Waals surface area contributed by atoms with E-state index in [1.807, 2.05) is 24.3 Å². The average molecular weight is 372 g/mol. The number of halogens is 1. The molecule has 0 aromatic heterocycles. The highest BCUT2D eigenvalue weighted by Gasteiger charge is 2.31. The Bertz CT molecular complexity index is 793. The third-order valence-corrected chi connectivity index (χ3v) is 5.11. The van der Waals surface area contributed by atoms with Crippen molar-refractivity contribution in [1.82, 2.24) is 10.2 Å². The largest absolute Gasteiger partial charge is 0.454 e. The lowest BCUT2D eigenvalue weighted by molar-refractivity contribution is -0.0194. The molecule has 1 unspecified atom stereocenters. The summed E-state index contributed by atoms with van der Waals surface area (Å²) in [5.41, 5.74) is 1.19. The molecule has 5 nitrogen and oxygen atoms in total. The monoisotopic (exact) mass is 372 g/mol. The van der Waals surface area contributed by atoms with E-state index in [1.165, 1.54) is 6.07 Å². The number of fused-ring (bicyclic) bond motifs is 1. The van der Waals surface area contributed by atoms with Gasteiger partial charge in [-0.3, -0.25) is 4.90 Å². The number of β-amino-alcohol motifs (C(OH)–C–C–N with tert-alkyl or cyclic N) is 1. The number of nitrogens with zero attached hydrogens (tertiary/aromatic N) is 1. The molecule has 0 saturated carbocycles. The van der Waals surface area contributed by atoms with Crippen LogP contribution in [0.5, 0.6) is 11.5 Å². The van der Waals surface area contributed by atoms with Crippen LogP contribution in [0.2, 0.25) is 0 Å². The van der Waals surface area contributed by atoms with E-state index in [1.54, 1.807) is 12.1 Å². The number of hydrogen-bond acceptors (Lipinski definition) is 5. The minimum absolute atomic E-state index is 0.242. The van der Waals surface area contributed by atoms with Crippen molar-refractivity contribution in [2.45, 2.75) is 31.5 Å². The molecule has 1 saturated heterocycles. The molecule has 2 aromatic carbocycles. The Morgan fingerprint density at radius 3 is 2.67 bits per heavy atom. The van der Waals surface area contributed by atoms with E-state index in [0.717, 1.165) is 42.0 Å². The molecule has 0 aliphatic carbocycles. The predicted octanol–water partition coefficient (Wildman–Crippen LogP) is 2.67. The van der Waals surface area contributed by atoms with Crippen molar-refractivity contribution in [2.24, 2.45) is 0 Å². The van der Waals surface area contributed by atoms with Crippen LogP contribution in [-0.4, -0.2) is 42.0 Å². The van der Waals surface area contributed by atoms with Crippen LogP contribution < -0.4 is 14.8 Å². The van der Waals surface area contributed by atoms with Crippen LogP contribution in [0.3, 0.4) is 0 Å². The molecule has 4 rings (SSSR count). The second-order valence-electron chi connectivity index (χ2n) is 7.47. The van der Waals surface area contributed by atoms with Gasteiger partial charge in [0.05, 0.1) is 5.60 Å². The van der Waals surface area contributed by atoms with Gasteiger partial charge in [0, 0.05) is 26.2 Å². The molecule has 27 heavy (non-hydrogen) atoms. The molecule has 6 heteroatoms. The molecule has 2 aliphatic heterocycles. The average Bonchev–Trinajstić information content (AvgIpc) is 3.10. The summed E-state index contributed by atoms with van der Waals surface area (Å²) >= 11 is 0. The summed E-state index contributed by atoms with van der Waals surface area (Å²) < 4.78 is 24.5. The fraction of sp³-hybridized carbons (Fsp3) is 0.429. The molecule has 2 aromatic rings. The Kier molecular flexibility index (Phi) is 5.29. The zero-order chi connectivity index (χ0) is 18.7. The zero-order valence-corrected chi connectivity index (χ0v) is 15.3. The third-order valence-electron chi connectivity index (χ3n) is 5.11. The molecule has 1 atom stereocenters. The molecule has 1 fully saturated rings. The van der Waals surface area contributed by atoms with E-state index in [4.69, 9.17) is 9.47 Å². The Morgan fingerprint density at radius 1 is 1.07 bits per heavy atom. The van der Waals surface area contributed by atoms with E-state index < -0.39 is 5.60 Å². The summed E-state index contributed by atoms with van der Waals surface area (Å²) in [5, 5.41) is 14.3. The van der Waals surface area contributed by atoms with E-state index in [9.17, 15) is 9.50 Å². The van der Waals surface area contributed by atoms with Crippen LogP contribution in [0.1, 0.15) is 24.0 Å². The Morgan fingerprint density at radius 2 is 1.89 bits per heavy atom. The smallest absolute Gasteiger partial charge is 0.231 e. The summed E-state index contributed by atoms with van der Waals surface area (Å²) in [6.07, 6.45) is 1.72. The topological polar surface area (TPSA) is 54.0 Å². The summed E-state index contributed by atoms with van der Waals surface area (Å²) in [5.74, 6) is 1.26. The van der Waals surface area contributed by atoms with Gasteiger partial charge in [-0.2, -0.15) is 0 Å². The van der Waals surface area contributed by atoms with E-state index in [2.05, 4.69) is 10.2 Å². The van der Waals surface area contributed by atoms with Crippen molar-refractivity contribution in [3.05, 3.63) is 59.4 Å². The lowest BCUT2D eigenvalue weighted by Gasteiger charge is -2.37. The maximum absolute atomic E-state index is 13.6. The van der Waals surface area contributed by atoms with Crippen LogP contribution >= 0.6 is 0 Å². The number of benzene rings is 2. The van der Waals surface area contributed by atoms with Crippen molar-refractivity contribution < 1.29 is 19.0 Å². The number of piperidine rings is 1. The third kappa shape index (κ3) is 4.58. The van der Waals surface area contributed by atoms with Gasteiger partial charge in [-0.25, -0.2) is 4.39 Å². The van der Waals surface area contributed by atoms with Crippen LogP contribution in [0.4, 0.5) is 4.39 Å². The number of ether oxygens (including phenoxy) is 2. The molecule has 2 aliphatic rings. The Hall–Kier alpha value is -2.15. The second-order valence-corrected chi connectivity index (χ2v) is 7.47. The molecule has 0 amide bonds. The van der Waals surface area contributed by atoms with Crippen LogP contribution in [0, 0.1) is 5.82 Å². The number of aliphatic hydroxyl groups is 1. The van der Waals surface area contributed by atoms with Gasteiger partial charge in [0.1, 0.15) is 5.82 Å².